The zero-order valence-electron chi connectivity index (χ0n) is 13.1. The second-order valence-electron chi connectivity index (χ2n) is 5.37. The Hall–Kier alpha value is -2.22. The van der Waals surface area contributed by atoms with E-state index in [9.17, 15) is 4.79 Å². The highest BCUT2D eigenvalue weighted by molar-refractivity contribution is 5.84. The summed E-state index contributed by atoms with van der Waals surface area (Å²) in [5.41, 5.74) is 1.22. The number of amides is 1. The number of rotatable bonds is 7. The SMILES string of the molecule is COc1cc(C#N)ccc1NC(C)C(=O)NCCC(C)C. The van der Waals surface area contributed by atoms with Gasteiger partial charge in [0.25, 0.3) is 0 Å². The predicted molar refractivity (Wildman–Crippen MR) is 83.3 cm³/mol. The third-order valence-electron chi connectivity index (χ3n) is 3.12. The van der Waals surface area contributed by atoms with Gasteiger partial charge in [0.2, 0.25) is 5.91 Å². The van der Waals surface area contributed by atoms with Gasteiger partial charge in [-0.05, 0) is 31.4 Å². The maximum atomic E-state index is 12.0. The second-order valence-corrected chi connectivity index (χ2v) is 5.37. The third kappa shape index (κ3) is 5.35. The maximum absolute atomic E-state index is 12.0. The van der Waals surface area contributed by atoms with Crippen LogP contribution in [0.3, 0.4) is 0 Å². The largest absolute Gasteiger partial charge is 0.495 e. The predicted octanol–water partition coefficient (Wildman–Crippen LogP) is 2.53. The number of nitriles is 1. The Kier molecular flexibility index (Phi) is 6.54. The molecule has 1 aromatic rings. The van der Waals surface area contributed by atoms with Crippen LogP contribution in [-0.4, -0.2) is 25.6 Å². The molecule has 114 valence electrons. The molecular formula is C16H23N3O2. The summed E-state index contributed by atoms with van der Waals surface area (Å²) in [6.07, 6.45) is 0.957. The summed E-state index contributed by atoms with van der Waals surface area (Å²) in [5, 5.41) is 14.9. The Morgan fingerprint density at radius 1 is 1.38 bits per heavy atom. The number of benzene rings is 1. The van der Waals surface area contributed by atoms with Crippen LogP contribution in [0, 0.1) is 17.2 Å². The van der Waals surface area contributed by atoms with Crippen LogP contribution in [-0.2, 0) is 4.79 Å². The summed E-state index contributed by atoms with van der Waals surface area (Å²) in [4.78, 5) is 12.0. The average molecular weight is 289 g/mol. The van der Waals surface area contributed by atoms with Gasteiger partial charge in [-0.3, -0.25) is 4.79 Å². The number of anilines is 1. The number of methoxy groups -OCH3 is 1. The number of nitrogens with zero attached hydrogens (tertiary/aromatic N) is 1. The Morgan fingerprint density at radius 3 is 2.67 bits per heavy atom. The van der Waals surface area contributed by atoms with Crippen molar-refractivity contribution in [3.63, 3.8) is 0 Å². The van der Waals surface area contributed by atoms with Gasteiger partial charge in [-0.1, -0.05) is 13.8 Å². The first-order valence-corrected chi connectivity index (χ1v) is 7.10. The maximum Gasteiger partial charge on any atom is 0.242 e. The van der Waals surface area contributed by atoms with E-state index >= 15 is 0 Å². The van der Waals surface area contributed by atoms with Crippen molar-refractivity contribution in [1.29, 1.82) is 5.26 Å². The van der Waals surface area contributed by atoms with Gasteiger partial charge in [-0.2, -0.15) is 5.26 Å². The fourth-order valence-electron chi connectivity index (χ4n) is 1.82. The highest BCUT2D eigenvalue weighted by Gasteiger charge is 2.14. The quantitative estimate of drug-likeness (QED) is 0.809. The van der Waals surface area contributed by atoms with Crippen molar-refractivity contribution in [2.75, 3.05) is 19.0 Å². The third-order valence-corrected chi connectivity index (χ3v) is 3.12. The molecule has 0 saturated carbocycles. The Labute approximate surface area is 126 Å². The van der Waals surface area contributed by atoms with Crippen molar-refractivity contribution in [3.8, 4) is 11.8 Å². The molecule has 1 rings (SSSR count). The molecule has 0 bridgehead atoms. The molecular weight excluding hydrogens is 266 g/mol. The normalized spacial score (nSPS) is 11.6. The number of hydrogen-bond acceptors (Lipinski definition) is 4. The fourth-order valence-corrected chi connectivity index (χ4v) is 1.82. The lowest BCUT2D eigenvalue weighted by atomic mass is 10.1. The molecule has 5 heteroatoms. The van der Waals surface area contributed by atoms with E-state index in [1.807, 2.05) is 0 Å². The first-order chi connectivity index (χ1) is 9.97. The Bertz CT molecular complexity index is 521. The highest BCUT2D eigenvalue weighted by Crippen LogP contribution is 2.25. The minimum absolute atomic E-state index is 0.0536. The smallest absolute Gasteiger partial charge is 0.242 e. The summed E-state index contributed by atoms with van der Waals surface area (Å²) < 4.78 is 5.24. The van der Waals surface area contributed by atoms with Gasteiger partial charge in [-0.15, -0.1) is 0 Å². The van der Waals surface area contributed by atoms with E-state index in [0.717, 1.165) is 6.42 Å². The zero-order chi connectivity index (χ0) is 15.8. The van der Waals surface area contributed by atoms with Crippen molar-refractivity contribution in [3.05, 3.63) is 23.8 Å². The minimum atomic E-state index is -0.376. The van der Waals surface area contributed by atoms with Crippen LogP contribution in [0.1, 0.15) is 32.8 Å². The van der Waals surface area contributed by atoms with E-state index in [0.29, 0.717) is 29.5 Å². The lowest BCUT2D eigenvalue weighted by molar-refractivity contribution is -0.121. The molecule has 0 radical (unpaired) electrons. The van der Waals surface area contributed by atoms with Crippen molar-refractivity contribution < 1.29 is 9.53 Å². The molecule has 1 amide bonds. The number of carbonyl (C=O) groups is 1. The van der Waals surface area contributed by atoms with Gasteiger partial charge in [0.05, 0.1) is 24.4 Å². The summed E-state index contributed by atoms with van der Waals surface area (Å²) in [5.74, 6) is 1.06. The molecule has 2 N–H and O–H groups in total. The molecule has 0 aliphatic heterocycles. The fraction of sp³-hybridized carbons (Fsp3) is 0.500. The van der Waals surface area contributed by atoms with E-state index < -0.39 is 0 Å². The van der Waals surface area contributed by atoms with E-state index in [1.165, 1.54) is 7.11 Å². The first-order valence-electron chi connectivity index (χ1n) is 7.10. The highest BCUT2D eigenvalue weighted by atomic mass is 16.5. The molecule has 0 aromatic heterocycles. The molecule has 0 fully saturated rings. The Morgan fingerprint density at radius 2 is 2.10 bits per heavy atom. The zero-order valence-corrected chi connectivity index (χ0v) is 13.1. The number of hydrogen-bond donors (Lipinski definition) is 2. The van der Waals surface area contributed by atoms with Crippen molar-refractivity contribution in [2.45, 2.75) is 33.2 Å². The molecule has 21 heavy (non-hydrogen) atoms. The molecule has 0 aliphatic rings. The van der Waals surface area contributed by atoms with Gasteiger partial charge in [-0.25, -0.2) is 0 Å². The van der Waals surface area contributed by atoms with Crippen molar-refractivity contribution >= 4 is 11.6 Å². The summed E-state index contributed by atoms with van der Waals surface area (Å²) >= 11 is 0. The number of ether oxygens (including phenoxy) is 1. The van der Waals surface area contributed by atoms with Gasteiger partial charge in [0, 0.05) is 12.6 Å². The lowest BCUT2D eigenvalue weighted by Gasteiger charge is -2.17. The topological polar surface area (TPSA) is 74.1 Å². The molecule has 0 saturated heterocycles. The second kappa shape index (κ2) is 8.15. The van der Waals surface area contributed by atoms with Crippen LogP contribution in [0.4, 0.5) is 5.69 Å². The summed E-state index contributed by atoms with van der Waals surface area (Å²) in [6, 6.07) is 6.76. The summed E-state index contributed by atoms with van der Waals surface area (Å²) in [7, 11) is 1.54. The van der Waals surface area contributed by atoms with E-state index in [2.05, 4.69) is 30.6 Å². The molecule has 1 unspecified atom stereocenters. The first kappa shape index (κ1) is 16.8. The Balaban J connectivity index is 2.63. The van der Waals surface area contributed by atoms with E-state index in [4.69, 9.17) is 10.00 Å². The van der Waals surface area contributed by atoms with E-state index in [-0.39, 0.29) is 11.9 Å². The molecule has 5 nitrogen and oxygen atoms in total. The average Bonchev–Trinajstić information content (AvgIpc) is 2.46. The van der Waals surface area contributed by atoms with Gasteiger partial charge < -0.3 is 15.4 Å². The molecule has 1 aromatic carbocycles. The number of carbonyl (C=O) groups excluding carboxylic acids is 1. The van der Waals surface area contributed by atoms with Gasteiger partial charge >= 0.3 is 0 Å². The van der Waals surface area contributed by atoms with Crippen LogP contribution in [0.15, 0.2) is 18.2 Å². The van der Waals surface area contributed by atoms with Crippen molar-refractivity contribution in [1.82, 2.24) is 5.32 Å². The van der Waals surface area contributed by atoms with Crippen LogP contribution in [0.5, 0.6) is 5.75 Å². The van der Waals surface area contributed by atoms with Crippen LogP contribution in [0.2, 0.25) is 0 Å². The molecule has 1 atom stereocenters. The molecule has 0 spiro atoms. The summed E-state index contributed by atoms with van der Waals surface area (Å²) in [6.45, 7) is 6.71. The van der Waals surface area contributed by atoms with Crippen molar-refractivity contribution in [2.24, 2.45) is 5.92 Å². The van der Waals surface area contributed by atoms with Gasteiger partial charge in [0.15, 0.2) is 0 Å². The van der Waals surface area contributed by atoms with Crippen LogP contribution in [0.25, 0.3) is 0 Å². The lowest BCUT2D eigenvalue weighted by Crippen LogP contribution is -2.38. The van der Waals surface area contributed by atoms with Gasteiger partial charge in [0.1, 0.15) is 11.8 Å². The van der Waals surface area contributed by atoms with Crippen LogP contribution < -0.4 is 15.4 Å². The van der Waals surface area contributed by atoms with Crippen LogP contribution >= 0.6 is 0 Å². The minimum Gasteiger partial charge on any atom is -0.495 e. The van der Waals surface area contributed by atoms with E-state index in [1.54, 1.807) is 25.1 Å². The number of nitrogens with one attached hydrogen (secondary N) is 2. The molecule has 0 heterocycles. The molecule has 0 aliphatic carbocycles. The standard InChI is InChI=1S/C16H23N3O2/c1-11(2)7-8-18-16(20)12(3)19-14-6-5-13(10-17)9-15(14)21-4/h5-6,9,11-12,19H,7-8H2,1-4H3,(H,18,20). The monoisotopic (exact) mass is 289 g/mol.